The minimum absolute atomic E-state index is 0.673. The molecule has 0 radical (unpaired) electrons. The summed E-state index contributed by atoms with van der Waals surface area (Å²) in [5.74, 6) is 1.87. The number of hydrogen-bond donors (Lipinski definition) is 2. The summed E-state index contributed by atoms with van der Waals surface area (Å²) in [5, 5.41) is 8.38. The summed E-state index contributed by atoms with van der Waals surface area (Å²) < 4.78 is 0. The highest BCUT2D eigenvalue weighted by molar-refractivity contribution is 7.80. The molecule has 0 bridgehead atoms. The molecule has 108 valence electrons. The van der Waals surface area contributed by atoms with Gasteiger partial charge in [-0.1, -0.05) is 32.6 Å². The van der Waals surface area contributed by atoms with E-state index in [1.165, 1.54) is 50.7 Å². The zero-order valence-electron chi connectivity index (χ0n) is 12.1. The van der Waals surface area contributed by atoms with Crippen LogP contribution in [0, 0.1) is 11.8 Å². The lowest BCUT2D eigenvalue weighted by Crippen LogP contribution is -2.34. The summed E-state index contributed by atoms with van der Waals surface area (Å²) >= 11 is 5.22. The maximum Gasteiger partial charge on any atom is 0.186 e. The number of nitrogens with one attached hydrogen (secondary N) is 2. The monoisotopic (exact) mass is 281 g/mol. The van der Waals surface area contributed by atoms with Crippen molar-refractivity contribution in [1.82, 2.24) is 10.7 Å². The van der Waals surface area contributed by atoms with Gasteiger partial charge in [0.25, 0.3) is 0 Å². The molecule has 2 atom stereocenters. The summed E-state index contributed by atoms with van der Waals surface area (Å²) in [7, 11) is 0. The van der Waals surface area contributed by atoms with Crippen LogP contribution in [0.4, 0.5) is 0 Å². The van der Waals surface area contributed by atoms with Crippen molar-refractivity contribution in [2.24, 2.45) is 16.9 Å². The van der Waals surface area contributed by atoms with E-state index in [-0.39, 0.29) is 0 Å². The number of hydrogen-bond acceptors (Lipinski definition) is 2. The molecule has 2 aliphatic rings. The number of thiocarbonyl (C=S) groups is 1. The van der Waals surface area contributed by atoms with Gasteiger partial charge >= 0.3 is 0 Å². The standard InChI is InChI=1S/C15H27N3S/c1-2-3-10-16-15(19)18-17-14-9-8-12-6-4-5-7-13(12)11-14/h12-13H,2-11H2,1H3,(H2,16,18,19)/b17-14-/t12-,13-/m1/s1. The molecule has 3 nitrogen and oxygen atoms in total. The highest BCUT2D eigenvalue weighted by atomic mass is 32.1. The van der Waals surface area contributed by atoms with Gasteiger partial charge in [0, 0.05) is 12.3 Å². The van der Waals surface area contributed by atoms with E-state index in [1.807, 2.05) is 0 Å². The van der Waals surface area contributed by atoms with Crippen molar-refractivity contribution in [1.29, 1.82) is 0 Å². The lowest BCUT2D eigenvalue weighted by Gasteiger charge is -2.35. The van der Waals surface area contributed by atoms with Crippen LogP contribution in [0.1, 0.15) is 64.7 Å². The Morgan fingerprint density at radius 2 is 2.05 bits per heavy atom. The van der Waals surface area contributed by atoms with Crippen molar-refractivity contribution in [3.05, 3.63) is 0 Å². The molecule has 19 heavy (non-hydrogen) atoms. The largest absolute Gasteiger partial charge is 0.361 e. The Labute approximate surface area is 122 Å². The van der Waals surface area contributed by atoms with Gasteiger partial charge in [0.15, 0.2) is 5.11 Å². The zero-order chi connectivity index (χ0) is 13.5. The summed E-state index contributed by atoms with van der Waals surface area (Å²) in [6, 6.07) is 0. The van der Waals surface area contributed by atoms with Crippen molar-refractivity contribution in [2.75, 3.05) is 6.54 Å². The smallest absolute Gasteiger partial charge is 0.186 e. The molecule has 0 unspecified atom stereocenters. The molecule has 0 heterocycles. The van der Waals surface area contributed by atoms with Gasteiger partial charge in [-0.3, -0.25) is 5.43 Å². The van der Waals surface area contributed by atoms with Crippen LogP contribution >= 0.6 is 12.2 Å². The minimum atomic E-state index is 0.673. The van der Waals surface area contributed by atoms with Gasteiger partial charge in [-0.05, 0) is 56.2 Å². The Kier molecular flexibility index (Phi) is 6.08. The lowest BCUT2D eigenvalue weighted by molar-refractivity contribution is 0.218. The summed E-state index contributed by atoms with van der Waals surface area (Å²) in [6.07, 6.45) is 11.7. The van der Waals surface area contributed by atoms with E-state index in [9.17, 15) is 0 Å². The van der Waals surface area contributed by atoms with Gasteiger partial charge in [-0.15, -0.1) is 0 Å². The molecular weight excluding hydrogens is 254 g/mol. The molecule has 2 rings (SSSR count). The van der Waals surface area contributed by atoms with Crippen LogP contribution in [0.15, 0.2) is 5.10 Å². The topological polar surface area (TPSA) is 36.4 Å². The fourth-order valence-electron chi connectivity index (χ4n) is 3.34. The second-order valence-corrected chi connectivity index (χ2v) is 6.35. The Hall–Kier alpha value is -0.640. The van der Waals surface area contributed by atoms with Crippen LogP contribution in [0.3, 0.4) is 0 Å². The molecule has 2 saturated carbocycles. The fraction of sp³-hybridized carbons (Fsp3) is 0.867. The average Bonchev–Trinajstić information content (AvgIpc) is 2.45. The highest BCUT2D eigenvalue weighted by Crippen LogP contribution is 2.39. The molecular formula is C15H27N3S. The van der Waals surface area contributed by atoms with Crippen LogP contribution in [-0.4, -0.2) is 17.4 Å². The van der Waals surface area contributed by atoms with Gasteiger partial charge in [0.2, 0.25) is 0 Å². The second-order valence-electron chi connectivity index (χ2n) is 5.95. The summed E-state index contributed by atoms with van der Waals surface area (Å²) in [4.78, 5) is 0. The second kappa shape index (κ2) is 7.83. The van der Waals surface area contributed by atoms with E-state index in [1.54, 1.807) is 0 Å². The van der Waals surface area contributed by atoms with E-state index >= 15 is 0 Å². The van der Waals surface area contributed by atoms with Gasteiger partial charge in [0.05, 0.1) is 0 Å². The molecule has 2 fully saturated rings. The van der Waals surface area contributed by atoms with Crippen LogP contribution in [-0.2, 0) is 0 Å². The van der Waals surface area contributed by atoms with Crippen molar-refractivity contribution < 1.29 is 0 Å². The van der Waals surface area contributed by atoms with Crippen molar-refractivity contribution in [2.45, 2.75) is 64.7 Å². The first-order valence-electron chi connectivity index (χ1n) is 7.89. The van der Waals surface area contributed by atoms with Crippen molar-refractivity contribution in [3.8, 4) is 0 Å². The number of hydrazone groups is 1. The Morgan fingerprint density at radius 1 is 1.26 bits per heavy atom. The Morgan fingerprint density at radius 3 is 2.84 bits per heavy atom. The molecule has 2 aliphatic carbocycles. The molecule has 2 N–H and O–H groups in total. The minimum Gasteiger partial charge on any atom is -0.361 e. The maximum absolute atomic E-state index is 5.22. The number of fused-ring (bicyclic) bond motifs is 1. The molecule has 0 aromatic heterocycles. The third-order valence-electron chi connectivity index (χ3n) is 4.50. The molecule has 4 heteroatoms. The third-order valence-corrected chi connectivity index (χ3v) is 4.74. The molecule has 0 amide bonds. The molecule has 0 aliphatic heterocycles. The third kappa shape index (κ3) is 4.75. The van der Waals surface area contributed by atoms with E-state index in [2.05, 4.69) is 22.8 Å². The zero-order valence-corrected chi connectivity index (χ0v) is 12.9. The van der Waals surface area contributed by atoms with Gasteiger partial charge < -0.3 is 5.32 Å². The number of rotatable bonds is 4. The number of nitrogens with zero attached hydrogens (tertiary/aromatic N) is 1. The quantitative estimate of drug-likeness (QED) is 0.469. The number of unbranched alkanes of at least 4 members (excludes halogenated alkanes) is 1. The van der Waals surface area contributed by atoms with Gasteiger partial charge in [0.1, 0.15) is 0 Å². The van der Waals surface area contributed by atoms with E-state index in [4.69, 9.17) is 12.2 Å². The highest BCUT2D eigenvalue weighted by Gasteiger charge is 2.30. The first-order valence-corrected chi connectivity index (χ1v) is 8.29. The Bertz CT molecular complexity index is 327. The summed E-state index contributed by atoms with van der Waals surface area (Å²) in [5.41, 5.74) is 4.34. The summed E-state index contributed by atoms with van der Waals surface area (Å²) in [6.45, 7) is 3.12. The lowest BCUT2D eigenvalue weighted by atomic mass is 9.70. The predicted octanol–water partition coefficient (Wildman–Crippen LogP) is 3.60. The van der Waals surface area contributed by atoms with E-state index < -0.39 is 0 Å². The molecule has 0 spiro atoms. The van der Waals surface area contributed by atoms with Crippen molar-refractivity contribution >= 4 is 23.0 Å². The van der Waals surface area contributed by atoms with Crippen LogP contribution in [0.25, 0.3) is 0 Å². The normalized spacial score (nSPS) is 28.8. The molecule has 0 aromatic rings. The average molecular weight is 281 g/mol. The van der Waals surface area contributed by atoms with Gasteiger partial charge in [-0.25, -0.2) is 0 Å². The predicted molar refractivity (Wildman–Crippen MR) is 85.4 cm³/mol. The molecule has 0 aromatic carbocycles. The van der Waals surface area contributed by atoms with Crippen LogP contribution in [0.2, 0.25) is 0 Å². The van der Waals surface area contributed by atoms with E-state index in [0.29, 0.717) is 5.11 Å². The SMILES string of the molecule is CCCCNC(=S)N/N=C1/CC[C@H]2CCCC[C@@H]2C1. The van der Waals surface area contributed by atoms with Crippen LogP contribution < -0.4 is 10.7 Å². The Balaban J connectivity index is 1.72. The first kappa shape index (κ1) is 14.8. The molecule has 0 saturated heterocycles. The first-order chi connectivity index (χ1) is 9.29. The maximum atomic E-state index is 5.22. The van der Waals surface area contributed by atoms with Crippen LogP contribution in [0.5, 0.6) is 0 Å². The fourth-order valence-corrected chi connectivity index (χ4v) is 3.49. The van der Waals surface area contributed by atoms with E-state index in [0.717, 1.165) is 31.2 Å². The van der Waals surface area contributed by atoms with Gasteiger partial charge in [-0.2, -0.15) is 5.10 Å². The van der Waals surface area contributed by atoms with Crippen molar-refractivity contribution in [3.63, 3.8) is 0 Å².